The van der Waals surface area contributed by atoms with Crippen molar-refractivity contribution in [3.63, 3.8) is 0 Å². The number of hydrogen-bond acceptors (Lipinski definition) is 4. The lowest BCUT2D eigenvalue weighted by atomic mass is 10.2. The van der Waals surface area contributed by atoms with E-state index in [-0.39, 0.29) is 18.4 Å². The van der Waals surface area contributed by atoms with E-state index in [9.17, 15) is 9.59 Å². The highest BCUT2D eigenvalue weighted by atomic mass is 32.2. The Balaban J connectivity index is 1.32. The zero-order valence-electron chi connectivity index (χ0n) is 18.2. The molecule has 0 aliphatic carbocycles. The number of para-hydroxylation sites is 1. The Morgan fingerprint density at radius 2 is 1.64 bits per heavy atom. The van der Waals surface area contributed by atoms with Crippen LogP contribution in [0.15, 0.2) is 88.8 Å². The molecule has 1 saturated heterocycles. The number of nitrogens with one attached hydrogen (secondary N) is 1. The average Bonchev–Trinajstić information content (AvgIpc) is 2.87. The van der Waals surface area contributed by atoms with E-state index in [1.54, 1.807) is 4.90 Å². The SMILES string of the molecule is O=C(CN1C(=O)C(=Cc2ccccc2)Sc2ccccc21)N1CCN(c2cccc[nH+]2)CC1. The summed E-state index contributed by atoms with van der Waals surface area (Å²) in [7, 11) is 0. The van der Waals surface area contributed by atoms with Gasteiger partial charge in [-0.3, -0.25) is 19.4 Å². The number of piperazine rings is 1. The third-order valence-electron chi connectivity index (χ3n) is 5.89. The number of benzene rings is 2. The number of anilines is 2. The number of pyridine rings is 1. The quantitative estimate of drug-likeness (QED) is 0.564. The van der Waals surface area contributed by atoms with Crippen molar-refractivity contribution in [3.05, 3.63) is 89.5 Å². The summed E-state index contributed by atoms with van der Waals surface area (Å²) >= 11 is 1.46. The fraction of sp³-hybridized carbons (Fsp3) is 0.192. The van der Waals surface area contributed by atoms with Crippen molar-refractivity contribution in [1.82, 2.24) is 4.90 Å². The van der Waals surface area contributed by atoms with E-state index in [0.717, 1.165) is 35.1 Å². The number of carbonyl (C=O) groups excluding carboxylic acids is 2. The molecule has 1 fully saturated rings. The smallest absolute Gasteiger partial charge is 0.274 e. The van der Waals surface area contributed by atoms with Gasteiger partial charge in [-0.1, -0.05) is 60.3 Å². The minimum Gasteiger partial charge on any atom is -0.333 e. The fourth-order valence-corrected chi connectivity index (χ4v) is 5.19. The van der Waals surface area contributed by atoms with E-state index < -0.39 is 0 Å². The Morgan fingerprint density at radius 3 is 2.39 bits per heavy atom. The van der Waals surface area contributed by atoms with Crippen LogP contribution in [0.5, 0.6) is 0 Å². The molecule has 2 aliphatic heterocycles. The van der Waals surface area contributed by atoms with Crippen LogP contribution in [0.3, 0.4) is 0 Å². The van der Waals surface area contributed by atoms with Gasteiger partial charge < -0.3 is 4.90 Å². The largest absolute Gasteiger partial charge is 0.333 e. The summed E-state index contributed by atoms with van der Waals surface area (Å²) in [5.41, 5.74) is 1.76. The van der Waals surface area contributed by atoms with E-state index in [1.807, 2.05) is 90.0 Å². The average molecular weight is 458 g/mol. The van der Waals surface area contributed by atoms with Crippen molar-refractivity contribution in [1.29, 1.82) is 0 Å². The first-order valence-corrected chi connectivity index (χ1v) is 11.9. The number of amides is 2. The summed E-state index contributed by atoms with van der Waals surface area (Å²) in [6.07, 6.45) is 3.81. The number of H-pyrrole nitrogens is 1. The van der Waals surface area contributed by atoms with Gasteiger partial charge in [0, 0.05) is 11.0 Å². The maximum Gasteiger partial charge on any atom is 0.274 e. The first-order chi connectivity index (χ1) is 16.2. The summed E-state index contributed by atoms with van der Waals surface area (Å²) in [5.74, 6) is 0.895. The van der Waals surface area contributed by atoms with Crippen molar-refractivity contribution in [3.8, 4) is 0 Å². The zero-order chi connectivity index (χ0) is 22.6. The third kappa shape index (κ3) is 4.64. The molecule has 0 saturated carbocycles. The molecule has 1 N–H and O–H groups in total. The standard InChI is InChI=1S/C26H24N4O2S/c31-25(29-16-14-28(15-17-29)24-12-6-7-13-27-24)19-30-21-10-4-5-11-22(21)33-23(26(30)32)18-20-8-2-1-3-9-20/h1-13,18H,14-17,19H2/p+1. The van der Waals surface area contributed by atoms with Gasteiger partial charge >= 0.3 is 0 Å². The molecule has 2 aromatic carbocycles. The highest BCUT2D eigenvalue weighted by Gasteiger charge is 2.33. The van der Waals surface area contributed by atoms with Crippen LogP contribution in [-0.2, 0) is 9.59 Å². The van der Waals surface area contributed by atoms with Crippen molar-refractivity contribution in [2.24, 2.45) is 0 Å². The highest BCUT2D eigenvalue weighted by Crippen LogP contribution is 2.42. The number of fused-ring (bicyclic) bond motifs is 1. The summed E-state index contributed by atoms with van der Waals surface area (Å²) < 4.78 is 0. The Kier molecular flexibility index (Phi) is 6.13. The van der Waals surface area contributed by atoms with Crippen LogP contribution in [0.4, 0.5) is 11.5 Å². The fourth-order valence-electron chi connectivity index (χ4n) is 4.13. The number of thioether (sulfide) groups is 1. The second-order valence-corrected chi connectivity index (χ2v) is 9.08. The Morgan fingerprint density at radius 1 is 0.909 bits per heavy atom. The van der Waals surface area contributed by atoms with Gasteiger partial charge in [0.25, 0.3) is 11.7 Å². The van der Waals surface area contributed by atoms with Gasteiger partial charge in [0.05, 0.1) is 29.9 Å². The van der Waals surface area contributed by atoms with Crippen molar-refractivity contribution < 1.29 is 14.6 Å². The van der Waals surface area contributed by atoms with Crippen LogP contribution >= 0.6 is 11.8 Å². The second kappa shape index (κ2) is 9.50. The minimum atomic E-state index is -0.131. The summed E-state index contributed by atoms with van der Waals surface area (Å²) in [6.45, 7) is 2.82. The highest BCUT2D eigenvalue weighted by molar-refractivity contribution is 8.04. The van der Waals surface area contributed by atoms with E-state index >= 15 is 0 Å². The molecule has 0 unspecified atom stereocenters. The molecule has 0 bridgehead atoms. The van der Waals surface area contributed by atoms with Gasteiger partial charge in [-0.15, -0.1) is 0 Å². The molecule has 33 heavy (non-hydrogen) atoms. The monoisotopic (exact) mass is 457 g/mol. The molecule has 0 atom stereocenters. The number of aromatic amines is 1. The minimum absolute atomic E-state index is 0.0270. The molecule has 5 rings (SSSR count). The summed E-state index contributed by atoms with van der Waals surface area (Å²) in [5, 5.41) is 0. The third-order valence-corrected chi connectivity index (χ3v) is 6.97. The van der Waals surface area contributed by atoms with Crippen molar-refractivity contribution >= 4 is 41.2 Å². The first kappa shape index (κ1) is 21.3. The molecular formula is C26H25N4O2S+. The lowest BCUT2D eigenvalue weighted by Crippen LogP contribution is -2.53. The Labute approximate surface area is 197 Å². The Hall–Kier alpha value is -3.58. The lowest BCUT2D eigenvalue weighted by molar-refractivity contribution is -0.364. The topological polar surface area (TPSA) is 58.0 Å². The molecule has 166 valence electrons. The number of nitrogens with zero attached hydrogens (tertiary/aromatic N) is 3. The van der Waals surface area contributed by atoms with Crippen molar-refractivity contribution in [2.45, 2.75) is 4.90 Å². The van der Waals surface area contributed by atoms with Gasteiger partial charge in [0.1, 0.15) is 19.6 Å². The van der Waals surface area contributed by atoms with Crippen LogP contribution < -0.4 is 14.8 Å². The van der Waals surface area contributed by atoms with Gasteiger partial charge in [-0.25, -0.2) is 4.98 Å². The van der Waals surface area contributed by atoms with Crippen LogP contribution in [0.1, 0.15) is 5.56 Å². The van der Waals surface area contributed by atoms with Gasteiger partial charge in [-0.2, -0.15) is 0 Å². The van der Waals surface area contributed by atoms with E-state index in [4.69, 9.17) is 0 Å². The molecule has 6 nitrogen and oxygen atoms in total. The van der Waals surface area contributed by atoms with Gasteiger partial charge in [0.2, 0.25) is 5.91 Å². The molecular weight excluding hydrogens is 432 g/mol. The van der Waals surface area contributed by atoms with Crippen LogP contribution in [0.2, 0.25) is 0 Å². The van der Waals surface area contributed by atoms with Crippen LogP contribution in [-0.4, -0.2) is 49.4 Å². The van der Waals surface area contributed by atoms with E-state index in [1.165, 1.54) is 11.8 Å². The molecule has 3 heterocycles. The summed E-state index contributed by atoms with van der Waals surface area (Å²) in [6, 6.07) is 23.6. The van der Waals surface area contributed by atoms with E-state index in [0.29, 0.717) is 18.0 Å². The summed E-state index contributed by atoms with van der Waals surface area (Å²) in [4.78, 5) is 37.2. The predicted molar refractivity (Wildman–Crippen MR) is 131 cm³/mol. The molecule has 0 spiro atoms. The van der Waals surface area contributed by atoms with Gasteiger partial charge in [-0.05, 0) is 29.8 Å². The van der Waals surface area contributed by atoms with Gasteiger partial charge in [0.15, 0.2) is 0 Å². The lowest BCUT2D eigenvalue weighted by Gasteiger charge is -2.34. The molecule has 2 amide bonds. The normalized spacial score (nSPS) is 17.3. The maximum atomic E-state index is 13.4. The maximum absolute atomic E-state index is 13.4. The Bertz CT molecular complexity index is 1180. The number of rotatable bonds is 4. The zero-order valence-corrected chi connectivity index (χ0v) is 19.0. The number of carbonyl (C=O) groups is 2. The predicted octanol–water partition coefficient (Wildman–Crippen LogP) is 3.33. The first-order valence-electron chi connectivity index (χ1n) is 11.0. The van der Waals surface area contributed by atoms with Crippen molar-refractivity contribution in [2.75, 3.05) is 42.5 Å². The van der Waals surface area contributed by atoms with E-state index in [2.05, 4.69) is 9.88 Å². The van der Waals surface area contributed by atoms with Crippen LogP contribution in [0, 0.1) is 0 Å². The molecule has 7 heteroatoms. The number of hydrogen-bond donors (Lipinski definition) is 0. The molecule has 0 radical (unpaired) electrons. The number of aromatic nitrogens is 1. The molecule has 3 aromatic rings. The second-order valence-electron chi connectivity index (χ2n) is 8.00. The molecule has 2 aliphatic rings. The van der Waals surface area contributed by atoms with Crippen LogP contribution in [0.25, 0.3) is 6.08 Å². The molecule has 1 aromatic heterocycles.